The number of aliphatic imine (C=N–C) groups is 1. The number of thioether (sulfide) groups is 1. The van der Waals surface area contributed by atoms with E-state index in [2.05, 4.69) is 26.9 Å². The number of nitrogens with zero attached hydrogens (tertiary/aromatic N) is 5. The minimum atomic E-state index is 0.371. The molecule has 1 aromatic carbocycles. The van der Waals surface area contributed by atoms with Crippen molar-refractivity contribution in [2.45, 2.75) is 13.0 Å². The topological polar surface area (TPSA) is 74.0 Å². The van der Waals surface area contributed by atoms with Crippen molar-refractivity contribution < 1.29 is 0 Å². The van der Waals surface area contributed by atoms with E-state index >= 15 is 0 Å². The van der Waals surface area contributed by atoms with Gasteiger partial charge < -0.3 is 0 Å². The molecule has 0 saturated carbocycles. The van der Waals surface area contributed by atoms with Gasteiger partial charge in [0.1, 0.15) is 10.1 Å². The molecular formula is C11H9N5S2. The molecule has 0 aliphatic carbocycles. The van der Waals surface area contributed by atoms with Crippen molar-refractivity contribution in [1.82, 2.24) is 4.98 Å². The van der Waals surface area contributed by atoms with E-state index in [-0.39, 0.29) is 0 Å². The van der Waals surface area contributed by atoms with Gasteiger partial charge >= 0.3 is 0 Å². The zero-order valence-corrected chi connectivity index (χ0v) is 11.2. The second kappa shape index (κ2) is 4.61. The van der Waals surface area contributed by atoms with Gasteiger partial charge in [-0.3, -0.25) is 4.99 Å². The molecule has 1 atom stereocenters. The van der Waals surface area contributed by atoms with Crippen LogP contribution < -0.4 is 0 Å². The molecule has 0 bridgehead atoms. The Morgan fingerprint density at radius 3 is 3.11 bits per heavy atom. The van der Waals surface area contributed by atoms with Crippen LogP contribution in [0.15, 0.2) is 28.3 Å². The summed E-state index contributed by atoms with van der Waals surface area (Å²) in [6.45, 7) is 2.10. The molecule has 1 aliphatic heterocycles. The minimum absolute atomic E-state index is 0.371. The number of benzene rings is 1. The minimum Gasteiger partial charge on any atom is -0.271 e. The van der Waals surface area contributed by atoms with Gasteiger partial charge in [-0.25, -0.2) is 4.98 Å². The standard InChI is InChI=1S/C11H9N5S2/c1-6-5-17-10(13-6)11-14-8-3-2-7(15-16-12)4-9(8)18-11/h2-4,6H,5H2,1H3/t6-/m1/s1. The van der Waals surface area contributed by atoms with Crippen LogP contribution in [-0.2, 0) is 0 Å². The summed E-state index contributed by atoms with van der Waals surface area (Å²) in [6, 6.07) is 5.89. The van der Waals surface area contributed by atoms with E-state index in [0.717, 1.165) is 26.0 Å². The molecule has 0 amide bonds. The highest BCUT2D eigenvalue weighted by Gasteiger charge is 2.18. The summed E-state index contributed by atoms with van der Waals surface area (Å²) >= 11 is 3.34. The van der Waals surface area contributed by atoms with Gasteiger partial charge in [0.25, 0.3) is 0 Å². The third-order valence-electron chi connectivity index (χ3n) is 2.51. The zero-order valence-electron chi connectivity index (χ0n) is 9.57. The Balaban J connectivity index is 2.05. The Morgan fingerprint density at radius 1 is 1.50 bits per heavy atom. The second-order valence-corrected chi connectivity index (χ2v) is 5.99. The van der Waals surface area contributed by atoms with E-state index < -0.39 is 0 Å². The first-order valence-corrected chi connectivity index (χ1v) is 7.23. The van der Waals surface area contributed by atoms with E-state index in [4.69, 9.17) is 5.53 Å². The molecular weight excluding hydrogens is 266 g/mol. The van der Waals surface area contributed by atoms with Crippen LogP contribution in [0.5, 0.6) is 0 Å². The van der Waals surface area contributed by atoms with Crippen molar-refractivity contribution >= 4 is 44.0 Å². The van der Waals surface area contributed by atoms with Crippen molar-refractivity contribution in [2.75, 3.05) is 5.75 Å². The largest absolute Gasteiger partial charge is 0.271 e. The van der Waals surface area contributed by atoms with Crippen LogP contribution in [0.3, 0.4) is 0 Å². The maximum Gasteiger partial charge on any atom is 0.149 e. The number of thiazole rings is 1. The second-order valence-electron chi connectivity index (χ2n) is 3.95. The van der Waals surface area contributed by atoms with Gasteiger partial charge in [0, 0.05) is 16.4 Å². The zero-order chi connectivity index (χ0) is 12.5. The van der Waals surface area contributed by atoms with Gasteiger partial charge in [0.15, 0.2) is 0 Å². The lowest BCUT2D eigenvalue weighted by Gasteiger charge is -1.89. The van der Waals surface area contributed by atoms with Gasteiger partial charge in [-0.1, -0.05) is 11.2 Å². The van der Waals surface area contributed by atoms with Crippen molar-refractivity contribution in [3.63, 3.8) is 0 Å². The fraction of sp³-hybridized carbons (Fsp3) is 0.273. The highest BCUT2D eigenvalue weighted by atomic mass is 32.2. The van der Waals surface area contributed by atoms with Crippen LogP contribution >= 0.6 is 23.1 Å². The lowest BCUT2D eigenvalue weighted by Crippen LogP contribution is -1.93. The number of aromatic nitrogens is 1. The van der Waals surface area contributed by atoms with Gasteiger partial charge in [-0.15, -0.1) is 23.1 Å². The van der Waals surface area contributed by atoms with E-state index in [9.17, 15) is 0 Å². The SMILES string of the molecule is C[C@@H]1CSC(c2nc3ccc(N=[N+]=[N-])cc3s2)=N1. The molecule has 3 rings (SSSR count). The Kier molecular flexibility index (Phi) is 2.95. The van der Waals surface area contributed by atoms with Crippen molar-refractivity contribution in [3.05, 3.63) is 33.6 Å². The molecule has 1 aliphatic rings. The lowest BCUT2D eigenvalue weighted by atomic mass is 10.3. The van der Waals surface area contributed by atoms with Gasteiger partial charge in [0.05, 0.1) is 16.3 Å². The van der Waals surface area contributed by atoms with Crippen LogP contribution in [0.2, 0.25) is 0 Å². The van der Waals surface area contributed by atoms with Gasteiger partial charge in [-0.05, 0) is 24.6 Å². The molecule has 7 heteroatoms. The summed E-state index contributed by atoms with van der Waals surface area (Å²) in [5.41, 5.74) is 9.97. The molecule has 0 spiro atoms. The fourth-order valence-electron chi connectivity index (χ4n) is 1.71. The fourth-order valence-corrected chi connectivity index (χ4v) is 3.80. The first-order valence-electron chi connectivity index (χ1n) is 5.43. The highest BCUT2D eigenvalue weighted by molar-refractivity contribution is 8.15. The first-order chi connectivity index (χ1) is 8.76. The normalized spacial score (nSPS) is 18.7. The molecule has 0 fully saturated rings. The van der Waals surface area contributed by atoms with Crippen molar-refractivity contribution in [2.24, 2.45) is 10.1 Å². The smallest absolute Gasteiger partial charge is 0.149 e. The van der Waals surface area contributed by atoms with Crippen molar-refractivity contribution in [1.29, 1.82) is 0 Å². The first kappa shape index (κ1) is 11.5. The molecule has 18 heavy (non-hydrogen) atoms. The van der Waals surface area contributed by atoms with Crippen LogP contribution in [0.25, 0.3) is 20.7 Å². The summed E-state index contributed by atoms with van der Waals surface area (Å²) in [4.78, 5) is 11.9. The Morgan fingerprint density at radius 2 is 2.39 bits per heavy atom. The Bertz CT molecular complexity index is 684. The van der Waals surface area contributed by atoms with Gasteiger partial charge in [0.2, 0.25) is 0 Å². The van der Waals surface area contributed by atoms with E-state index in [1.807, 2.05) is 12.1 Å². The highest BCUT2D eigenvalue weighted by Crippen LogP contribution is 2.31. The molecule has 1 aromatic heterocycles. The third-order valence-corrected chi connectivity index (χ3v) is 4.89. The summed E-state index contributed by atoms with van der Waals surface area (Å²) in [5, 5.41) is 5.58. The summed E-state index contributed by atoms with van der Waals surface area (Å²) in [5.74, 6) is 1.02. The molecule has 5 nitrogen and oxygen atoms in total. The summed E-state index contributed by atoms with van der Waals surface area (Å²) in [7, 11) is 0. The summed E-state index contributed by atoms with van der Waals surface area (Å²) < 4.78 is 1.03. The molecule has 90 valence electrons. The third kappa shape index (κ3) is 2.08. The molecule has 2 aromatic rings. The monoisotopic (exact) mass is 275 g/mol. The number of hydrogen-bond donors (Lipinski definition) is 0. The van der Waals surface area contributed by atoms with Crippen LogP contribution in [0, 0.1) is 0 Å². The number of hydrogen-bond acceptors (Lipinski definition) is 5. The van der Waals surface area contributed by atoms with Gasteiger partial charge in [-0.2, -0.15) is 0 Å². The van der Waals surface area contributed by atoms with E-state index in [0.29, 0.717) is 11.7 Å². The number of fused-ring (bicyclic) bond motifs is 1. The predicted molar refractivity (Wildman–Crippen MR) is 76.9 cm³/mol. The van der Waals surface area contributed by atoms with Crippen LogP contribution in [0.1, 0.15) is 11.9 Å². The number of azide groups is 1. The molecule has 2 heterocycles. The van der Waals surface area contributed by atoms with Crippen molar-refractivity contribution in [3.8, 4) is 0 Å². The summed E-state index contributed by atoms with van der Waals surface area (Å²) in [6.07, 6.45) is 0. The average Bonchev–Trinajstić information content (AvgIpc) is 2.94. The van der Waals surface area contributed by atoms with E-state index in [1.165, 1.54) is 0 Å². The molecule has 0 radical (unpaired) electrons. The molecule has 0 saturated heterocycles. The maximum atomic E-state index is 8.42. The van der Waals surface area contributed by atoms with Crippen LogP contribution in [0.4, 0.5) is 5.69 Å². The molecule has 0 N–H and O–H groups in total. The Labute approximate surface area is 112 Å². The van der Waals surface area contributed by atoms with Crippen LogP contribution in [-0.4, -0.2) is 21.8 Å². The molecule has 0 unspecified atom stereocenters. The lowest BCUT2D eigenvalue weighted by molar-refractivity contribution is 0.865. The average molecular weight is 275 g/mol. The maximum absolute atomic E-state index is 8.42. The Hall–Kier alpha value is -1.56. The predicted octanol–water partition coefficient (Wildman–Crippen LogP) is 4.12. The quantitative estimate of drug-likeness (QED) is 0.469. The van der Waals surface area contributed by atoms with E-state index in [1.54, 1.807) is 29.2 Å². The number of rotatable bonds is 2.